The van der Waals surface area contributed by atoms with Crippen molar-refractivity contribution >= 4 is 39.2 Å². The number of rotatable bonds is 9. The van der Waals surface area contributed by atoms with Crippen molar-refractivity contribution in [1.82, 2.24) is 19.5 Å². The zero-order valence-corrected chi connectivity index (χ0v) is 24.9. The first kappa shape index (κ1) is 27.0. The Morgan fingerprint density at radius 1 is 1.06 bits per heavy atom. The summed E-state index contributed by atoms with van der Waals surface area (Å²) in [6.07, 6.45) is 0.863. The van der Waals surface area contributed by atoms with Crippen molar-refractivity contribution in [1.29, 1.82) is 0 Å². The Hall–Kier alpha value is -1.09. The molecule has 2 fully saturated rings. The molecule has 35 heavy (non-hydrogen) atoms. The molecular formula is C23H39ClN4O5Si2. The molecule has 0 spiro atoms. The Labute approximate surface area is 215 Å². The van der Waals surface area contributed by atoms with E-state index in [2.05, 4.69) is 68.5 Å². The highest BCUT2D eigenvalue weighted by Gasteiger charge is 2.52. The fourth-order valence-electron chi connectivity index (χ4n) is 3.94. The summed E-state index contributed by atoms with van der Waals surface area (Å²) in [5.41, 5.74) is 1.18. The van der Waals surface area contributed by atoms with E-state index in [0.29, 0.717) is 43.7 Å². The lowest BCUT2D eigenvalue weighted by Gasteiger charge is -2.39. The van der Waals surface area contributed by atoms with Crippen molar-refractivity contribution in [3.8, 4) is 6.01 Å². The number of aromatic nitrogens is 4. The first-order valence-corrected chi connectivity index (χ1v) is 19.3. The van der Waals surface area contributed by atoms with Gasteiger partial charge in [0, 0.05) is 14.7 Å². The molecule has 0 saturated carbocycles. The second-order valence-corrected chi connectivity index (χ2v) is 22.9. The predicted octanol–water partition coefficient (Wildman–Crippen LogP) is 4.73. The van der Waals surface area contributed by atoms with Gasteiger partial charge in [-0.15, -0.1) is 0 Å². The van der Waals surface area contributed by atoms with Crippen LogP contribution in [0.5, 0.6) is 6.01 Å². The van der Waals surface area contributed by atoms with Crippen LogP contribution in [-0.2, 0) is 25.4 Å². The van der Waals surface area contributed by atoms with Gasteiger partial charge >= 0.3 is 6.01 Å². The number of hydrogen-bond acceptors (Lipinski definition) is 8. The minimum Gasteiger partial charge on any atom is -0.456 e. The summed E-state index contributed by atoms with van der Waals surface area (Å²) in [6.45, 7) is 20.1. The van der Waals surface area contributed by atoms with E-state index in [9.17, 15) is 0 Å². The molecule has 2 aromatic heterocycles. The number of fused-ring (bicyclic) bond motifs is 2. The van der Waals surface area contributed by atoms with Gasteiger partial charge in [0.25, 0.3) is 0 Å². The molecule has 0 N–H and O–H groups in total. The maximum atomic E-state index is 6.62. The van der Waals surface area contributed by atoms with Crippen molar-refractivity contribution in [2.75, 3.05) is 19.8 Å². The molecule has 0 radical (unpaired) electrons. The summed E-state index contributed by atoms with van der Waals surface area (Å²) in [6, 6.07) is 1.47. The first-order chi connectivity index (χ1) is 16.2. The Balaban J connectivity index is 1.48. The van der Waals surface area contributed by atoms with E-state index in [1.807, 2.05) is 4.57 Å². The average Bonchev–Trinajstić information content (AvgIpc) is 3.39. The van der Waals surface area contributed by atoms with Crippen LogP contribution in [-0.4, -0.2) is 80.1 Å². The molecule has 2 aliphatic rings. The van der Waals surface area contributed by atoms with Gasteiger partial charge in [0.15, 0.2) is 20.1 Å². The minimum atomic E-state index is -1.95. The standard InChI is InChI=1S/C23H39ClN4O5Si2/c1-23(2,3)35(7,8)33-17-13-31-18-16(12-30-19(17)18)32-22-27-20-15(11-25-21(24)26-20)28(22)14-29-9-10-34(4,5)6/h11,16-19H,9-10,12-14H2,1-8H3/t16-,17-,18-,19-/m1/s1. The Morgan fingerprint density at radius 2 is 1.71 bits per heavy atom. The minimum absolute atomic E-state index is 0.0946. The van der Waals surface area contributed by atoms with E-state index >= 15 is 0 Å². The zero-order valence-electron chi connectivity index (χ0n) is 22.1. The van der Waals surface area contributed by atoms with Crippen LogP contribution in [0.25, 0.3) is 11.2 Å². The van der Waals surface area contributed by atoms with Crippen molar-refractivity contribution in [2.24, 2.45) is 0 Å². The van der Waals surface area contributed by atoms with Crippen LogP contribution in [0.4, 0.5) is 0 Å². The maximum absolute atomic E-state index is 6.62. The molecule has 2 aliphatic heterocycles. The second-order valence-electron chi connectivity index (χ2n) is 12.2. The second kappa shape index (κ2) is 9.99. The summed E-state index contributed by atoms with van der Waals surface area (Å²) in [5, 5.41) is 0.254. The molecule has 12 heteroatoms. The zero-order chi connectivity index (χ0) is 25.6. The third-order valence-corrected chi connectivity index (χ3v) is 13.5. The van der Waals surface area contributed by atoms with Gasteiger partial charge < -0.3 is 23.4 Å². The highest BCUT2D eigenvalue weighted by molar-refractivity contribution is 6.76. The van der Waals surface area contributed by atoms with Crippen LogP contribution in [0.3, 0.4) is 0 Å². The van der Waals surface area contributed by atoms with Crippen LogP contribution in [0.15, 0.2) is 6.20 Å². The highest BCUT2D eigenvalue weighted by Crippen LogP contribution is 2.40. The summed E-state index contributed by atoms with van der Waals surface area (Å²) in [5.74, 6) is 0. The normalized spacial score (nSPS) is 25.4. The van der Waals surface area contributed by atoms with Gasteiger partial charge in [-0.3, -0.25) is 4.57 Å². The fourth-order valence-corrected chi connectivity index (χ4v) is 6.14. The first-order valence-electron chi connectivity index (χ1n) is 12.3. The van der Waals surface area contributed by atoms with Gasteiger partial charge in [-0.05, 0) is 35.8 Å². The van der Waals surface area contributed by atoms with Crippen LogP contribution in [0, 0.1) is 0 Å². The topological polar surface area (TPSA) is 89.8 Å². The van der Waals surface area contributed by atoms with Crippen LogP contribution >= 0.6 is 11.6 Å². The van der Waals surface area contributed by atoms with Gasteiger partial charge in [0.2, 0.25) is 5.28 Å². The van der Waals surface area contributed by atoms with Gasteiger partial charge in [-0.1, -0.05) is 40.4 Å². The van der Waals surface area contributed by atoms with Crippen LogP contribution in [0.2, 0.25) is 49.1 Å². The van der Waals surface area contributed by atoms with Crippen molar-refractivity contribution in [2.45, 2.75) is 95.7 Å². The third kappa shape index (κ3) is 6.08. The summed E-state index contributed by atoms with van der Waals surface area (Å²) in [7, 11) is -3.15. The summed E-state index contributed by atoms with van der Waals surface area (Å²) in [4.78, 5) is 13.0. The van der Waals surface area contributed by atoms with Gasteiger partial charge in [0.1, 0.15) is 24.5 Å². The number of hydrogen-bond donors (Lipinski definition) is 0. The van der Waals surface area contributed by atoms with Crippen molar-refractivity contribution in [3.05, 3.63) is 11.5 Å². The van der Waals surface area contributed by atoms with Gasteiger partial charge in [-0.2, -0.15) is 9.97 Å². The number of halogens is 1. The molecule has 4 heterocycles. The SMILES string of the molecule is CC(C)(C)[Si](C)(C)O[C@@H]1CO[C@H]2[C@@H]1OC[C@H]2Oc1nc2nc(Cl)ncc2n1COCC[Si](C)(C)C. The molecule has 0 amide bonds. The molecule has 196 valence electrons. The summed E-state index contributed by atoms with van der Waals surface area (Å²) >= 11 is 6.01. The number of ether oxygens (including phenoxy) is 4. The van der Waals surface area contributed by atoms with E-state index in [1.54, 1.807) is 6.20 Å². The fraction of sp³-hybridized carbons (Fsp3) is 0.783. The molecule has 0 aliphatic carbocycles. The molecule has 0 bridgehead atoms. The van der Waals surface area contributed by atoms with E-state index in [1.165, 1.54) is 0 Å². The lowest BCUT2D eigenvalue weighted by molar-refractivity contribution is 0.00691. The van der Waals surface area contributed by atoms with E-state index in [0.717, 1.165) is 6.04 Å². The third-order valence-electron chi connectivity index (χ3n) is 7.13. The van der Waals surface area contributed by atoms with E-state index in [-0.39, 0.29) is 34.7 Å². The Kier molecular flexibility index (Phi) is 7.70. The Morgan fingerprint density at radius 3 is 2.37 bits per heavy atom. The number of imidazole rings is 1. The van der Waals surface area contributed by atoms with Crippen molar-refractivity contribution in [3.63, 3.8) is 0 Å². The average molecular weight is 543 g/mol. The molecule has 0 unspecified atom stereocenters. The molecule has 2 saturated heterocycles. The van der Waals surface area contributed by atoms with E-state index in [4.69, 9.17) is 35.0 Å². The largest absolute Gasteiger partial charge is 0.456 e. The predicted molar refractivity (Wildman–Crippen MR) is 140 cm³/mol. The Bertz CT molecular complexity index is 1040. The van der Waals surface area contributed by atoms with Gasteiger partial charge in [-0.25, -0.2) is 4.98 Å². The molecular weight excluding hydrogens is 504 g/mol. The summed E-state index contributed by atoms with van der Waals surface area (Å²) < 4.78 is 33.1. The molecule has 4 atom stereocenters. The highest BCUT2D eigenvalue weighted by atomic mass is 35.5. The van der Waals surface area contributed by atoms with Gasteiger partial charge in [0.05, 0.1) is 25.5 Å². The van der Waals surface area contributed by atoms with Crippen molar-refractivity contribution < 1.29 is 23.4 Å². The number of nitrogens with zero attached hydrogens (tertiary/aromatic N) is 4. The quantitative estimate of drug-likeness (QED) is 0.255. The molecule has 4 rings (SSSR count). The van der Waals surface area contributed by atoms with Crippen LogP contribution < -0.4 is 4.74 Å². The molecule has 2 aromatic rings. The maximum Gasteiger partial charge on any atom is 0.301 e. The smallest absolute Gasteiger partial charge is 0.301 e. The molecule has 9 nitrogen and oxygen atoms in total. The monoisotopic (exact) mass is 542 g/mol. The van der Waals surface area contributed by atoms with Crippen LogP contribution in [0.1, 0.15) is 20.8 Å². The lowest BCUT2D eigenvalue weighted by Crippen LogP contribution is -2.47. The lowest BCUT2D eigenvalue weighted by atomic mass is 10.1. The van der Waals surface area contributed by atoms with E-state index < -0.39 is 16.4 Å². The molecule has 0 aromatic carbocycles.